The van der Waals surface area contributed by atoms with Crippen LogP contribution in [0.4, 0.5) is 5.69 Å². The normalized spacial score (nSPS) is 11.0. The molecule has 102 valence electrons. The minimum atomic E-state index is 0.343. The summed E-state index contributed by atoms with van der Waals surface area (Å²) < 4.78 is 0. The minimum absolute atomic E-state index is 0.343. The Morgan fingerprint density at radius 1 is 1.33 bits per heavy atom. The summed E-state index contributed by atoms with van der Waals surface area (Å²) in [6.45, 7) is 11.1. The van der Waals surface area contributed by atoms with E-state index in [1.165, 1.54) is 12.8 Å². The maximum atomic E-state index is 5.82. The Bertz CT molecular complexity index is 363. The van der Waals surface area contributed by atoms with Gasteiger partial charge in [0.2, 0.25) is 0 Å². The largest absolute Gasteiger partial charge is 0.369 e. The summed E-state index contributed by atoms with van der Waals surface area (Å²) >= 11 is 0. The Balaban J connectivity index is 2.98. The van der Waals surface area contributed by atoms with E-state index in [0.29, 0.717) is 12.5 Å². The molecule has 18 heavy (non-hydrogen) atoms. The van der Waals surface area contributed by atoms with Crippen LogP contribution in [0.25, 0.3) is 0 Å². The predicted octanol–water partition coefficient (Wildman–Crippen LogP) is 2.69. The second kappa shape index (κ2) is 7.31. The average Bonchev–Trinajstić information content (AvgIpc) is 2.39. The Kier molecular flexibility index (Phi) is 6.05. The summed E-state index contributed by atoms with van der Waals surface area (Å²) in [5, 5.41) is 0. The molecule has 0 aliphatic carbocycles. The Labute approximate surface area is 111 Å². The standard InChI is InChI=1S/C14H26N4/c1-5-7-8-18(6-2)13-10-16-14(11(3)4)17-12(13)9-15/h10-11H,5-9,15H2,1-4H3. The van der Waals surface area contributed by atoms with Gasteiger partial charge in [0.25, 0.3) is 0 Å². The summed E-state index contributed by atoms with van der Waals surface area (Å²) in [5.41, 5.74) is 7.88. The van der Waals surface area contributed by atoms with Gasteiger partial charge in [0, 0.05) is 25.6 Å². The van der Waals surface area contributed by atoms with Crippen LogP contribution in [0.5, 0.6) is 0 Å². The number of anilines is 1. The summed E-state index contributed by atoms with van der Waals surface area (Å²) in [5.74, 6) is 1.22. The lowest BCUT2D eigenvalue weighted by atomic mass is 10.2. The number of nitrogens with zero attached hydrogens (tertiary/aromatic N) is 3. The molecule has 0 unspecified atom stereocenters. The number of hydrogen-bond donors (Lipinski definition) is 1. The predicted molar refractivity (Wildman–Crippen MR) is 76.8 cm³/mol. The van der Waals surface area contributed by atoms with Gasteiger partial charge in [-0.25, -0.2) is 9.97 Å². The van der Waals surface area contributed by atoms with Crippen molar-refractivity contribution in [2.75, 3.05) is 18.0 Å². The zero-order valence-corrected chi connectivity index (χ0v) is 12.1. The monoisotopic (exact) mass is 250 g/mol. The van der Waals surface area contributed by atoms with Gasteiger partial charge in [-0.2, -0.15) is 0 Å². The van der Waals surface area contributed by atoms with Crippen molar-refractivity contribution in [1.82, 2.24) is 9.97 Å². The highest BCUT2D eigenvalue weighted by Gasteiger charge is 2.13. The van der Waals surface area contributed by atoms with Gasteiger partial charge in [0.15, 0.2) is 0 Å². The molecule has 0 aliphatic heterocycles. The third kappa shape index (κ3) is 3.67. The van der Waals surface area contributed by atoms with E-state index in [1.807, 2.05) is 6.20 Å². The number of rotatable bonds is 7. The van der Waals surface area contributed by atoms with Crippen molar-refractivity contribution in [1.29, 1.82) is 0 Å². The molecule has 1 aromatic rings. The van der Waals surface area contributed by atoms with Crippen LogP contribution in [0, 0.1) is 0 Å². The van der Waals surface area contributed by atoms with Gasteiger partial charge in [-0.05, 0) is 13.3 Å². The molecule has 1 rings (SSSR count). The van der Waals surface area contributed by atoms with E-state index in [1.54, 1.807) is 0 Å². The van der Waals surface area contributed by atoms with Crippen molar-refractivity contribution < 1.29 is 0 Å². The highest BCUT2D eigenvalue weighted by atomic mass is 15.1. The maximum Gasteiger partial charge on any atom is 0.131 e. The van der Waals surface area contributed by atoms with E-state index in [2.05, 4.69) is 42.6 Å². The van der Waals surface area contributed by atoms with E-state index in [4.69, 9.17) is 5.73 Å². The molecule has 0 aromatic carbocycles. The smallest absolute Gasteiger partial charge is 0.131 e. The zero-order chi connectivity index (χ0) is 13.5. The van der Waals surface area contributed by atoms with Gasteiger partial charge in [-0.3, -0.25) is 0 Å². The number of aromatic nitrogens is 2. The fourth-order valence-corrected chi connectivity index (χ4v) is 1.92. The van der Waals surface area contributed by atoms with Crippen molar-refractivity contribution in [3.05, 3.63) is 17.7 Å². The van der Waals surface area contributed by atoms with Crippen LogP contribution < -0.4 is 10.6 Å². The lowest BCUT2D eigenvalue weighted by Crippen LogP contribution is -2.26. The lowest BCUT2D eigenvalue weighted by molar-refractivity contribution is 0.709. The van der Waals surface area contributed by atoms with Crippen molar-refractivity contribution in [3.8, 4) is 0 Å². The van der Waals surface area contributed by atoms with Crippen LogP contribution in [0.15, 0.2) is 6.20 Å². The van der Waals surface area contributed by atoms with Crippen LogP contribution in [0.2, 0.25) is 0 Å². The SMILES string of the molecule is CCCCN(CC)c1cnc(C(C)C)nc1CN. The van der Waals surface area contributed by atoms with Crippen LogP contribution in [-0.4, -0.2) is 23.1 Å². The first-order valence-electron chi connectivity index (χ1n) is 6.94. The van der Waals surface area contributed by atoms with Gasteiger partial charge < -0.3 is 10.6 Å². The summed E-state index contributed by atoms with van der Waals surface area (Å²) in [7, 11) is 0. The van der Waals surface area contributed by atoms with Crippen LogP contribution >= 0.6 is 0 Å². The Morgan fingerprint density at radius 3 is 2.56 bits per heavy atom. The first-order chi connectivity index (χ1) is 8.63. The third-order valence-corrected chi connectivity index (χ3v) is 3.08. The molecule has 0 aliphatic rings. The van der Waals surface area contributed by atoms with E-state index < -0.39 is 0 Å². The van der Waals surface area contributed by atoms with Gasteiger partial charge >= 0.3 is 0 Å². The Morgan fingerprint density at radius 2 is 2.06 bits per heavy atom. The lowest BCUT2D eigenvalue weighted by Gasteiger charge is -2.25. The molecule has 0 saturated heterocycles. The molecule has 1 aromatic heterocycles. The first-order valence-corrected chi connectivity index (χ1v) is 6.94. The second-order valence-corrected chi connectivity index (χ2v) is 4.85. The molecular formula is C14H26N4. The maximum absolute atomic E-state index is 5.82. The van der Waals surface area contributed by atoms with Crippen molar-refractivity contribution in [2.45, 2.75) is 53.0 Å². The van der Waals surface area contributed by atoms with E-state index in [9.17, 15) is 0 Å². The number of hydrogen-bond acceptors (Lipinski definition) is 4. The van der Waals surface area contributed by atoms with Crippen molar-refractivity contribution >= 4 is 5.69 Å². The molecule has 1 heterocycles. The fraction of sp³-hybridized carbons (Fsp3) is 0.714. The van der Waals surface area contributed by atoms with E-state index >= 15 is 0 Å². The molecule has 4 heteroatoms. The third-order valence-electron chi connectivity index (χ3n) is 3.08. The molecule has 0 bridgehead atoms. The Hall–Kier alpha value is -1.16. The minimum Gasteiger partial charge on any atom is -0.369 e. The molecular weight excluding hydrogens is 224 g/mol. The highest BCUT2D eigenvalue weighted by molar-refractivity contribution is 5.49. The second-order valence-electron chi connectivity index (χ2n) is 4.85. The number of unbranched alkanes of at least 4 members (excludes halogenated alkanes) is 1. The van der Waals surface area contributed by atoms with Crippen LogP contribution in [-0.2, 0) is 6.54 Å². The van der Waals surface area contributed by atoms with Crippen molar-refractivity contribution in [3.63, 3.8) is 0 Å². The zero-order valence-electron chi connectivity index (χ0n) is 12.1. The van der Waals surface area contributed by atoms with E-state index in [-0.39, 0.29) is 0 Å². The average molecular weight is 250 g/mol. The van der Waals surface area contributed by atoms with E-state index in [0.717, 1.165) is 30.3 Å². The molecule has 2 N–H and O–H groups in total. The molecule has 0 amide bonds. The quantitative estimate of drug-likeness (QED) is 0.808. The van der Waals surface area contributed by atoms with Gasteiger partial charge in [0.05, 0.1) is 17.6 Å². The molecule has 0 saturated carbocycles. The molecule has 0 atom stereocenters. The summed E-state index contributed by atoms with van der Waals surface area (Å²) in [6.07, 6.45) is 4.31. The first kappa shape index (κ1) is 14.9. The highest BCUT2D eigenvalue weighted by Crippen LogP contribution is 2.20. The van der Waals surface area contributed by atoms with Gasteiger partial charge in [0.1, 0.15) is 5.82 Å². The molecule has 0 spiro atoms. The topological polar surface area (TPSA) is 55.0 Å². The number of nitrogens with two attached hydrogens (primary N) is 1. The van der Waals surface area contributed by atoms with Crippen LogP contribution in [0.1, 0.15) is 58.0 Å². The molecule has 0 fully saturated rings. The van der Waals surface area contributed by atoms with Gasteiger partial charge in [-0.1, -0.05) is 27.2 Å². The fourth-order valence-electron chi connectivity index (χ4n) is 1.92. The molecule has 4 nitrogen and oxygen atoms in total. The van der Waals surface area contributed by atoms with Gasteiger partial charge in [-0.15, -0.1) is 0 Å². The van der Waals surface area contributed by atoms with Crippen molar-refractivity contribution in [2.24, 2.45) is 5.73 Å². The van der Waals surface area contributed by atoms with Crippen LogP contribution in [0.3, 0.4) is 0 Å². The summed E-state index contributed by atoms with van der Waals surface area (Å²) in [6, 6.07) is 0. The molecule has 0 radical (unpaired) electrons. The summed E-state index contributed by atoms with van der Waals surface area (Å²) in [4.78, 5) is 11.4.